The van der Waals surface area contributed by atoms with E-state index < -0.39 is 8.07 Å². The highest BCUT2D eigenvalue weighted by atomic mass is 32.2. The van der Waals surface area contributed by atoms with E-state index in [2.05, 4.69) is 74.1 Å². The zero-order valence-electron chi connectivity index (χ0n) is 43.3. The van der Waals surface area contributed by atoms with Gasteiger partial charge in [-0.25, -0.2) is 0 Å². The predicted molar refractivity (Wildman–Crippen MR) is 285 cm³/mol. The Labute approximate surface area is 411 Å². The van der Waals surface area contributed by atoms with Crippen LogP contribution in [0.25, 0.3) is 0 Å². The summed E-state index contributed by atoms with van der Waals surface area (Å²) in [7, 11) is -1.70. The van der Waals surface area contributed by atoms with Crippen LogP contribution in [0.4, 0.5) is 0 Å². The lowest BCUT2D eigenvalue weighted by Crippen LogP contribution is -2.65. The van der Waals surface area contributed by atoms with Crippen molar-refractivity contribution >= 4 is 31.6 Å². The molecular weight excluding hydrogens is 841 g/mol. The molecule has 2 aliphatic heterocycles. The van der Waals surface area contributed by atoms with Crippen molar-refractivity contribution in [2.45, 2.75) is 302 Å². The average Bonchev–Trinajstić information content (AvgIpc) is 3.86. The maximum absolute atomic E-state index is 3.51. The summed E-state index contributed by atoms with van der Waals surface area (Å²) in [4.78, 5) is 7.01. The minimum absolute atomic E-state index is 0.902. The summed E-state index contributed by atoms with van der Waals surface area (Å²) in [5, 5.41) is 3.78. The Morgan fingerprint density at radius 2 is 0.646 bits per heavy atom. The standard InChI is InChI=1S/C60H102N2S2Si/c1-37-23-27-41(28-24-37)43-33-47-45(53(35-43)61-49-15-7-11-19-55(49)63-56-20-12-8-16-50(56)61)31-39(3)59(47)65(5,6)60-40(4)32-46-48(60)34-44(42-29-25-38(2)26-30-42)36-54(46)62-51-17-9-13-21-57(51)64-58-22-14-10-18-52(58)62/h37-60H,7-36H2,1-6H3. The lowest BCUT2D eigenvalue weighted by molar-refractivity contribution is -0.0414. The van der Waals surface area contributed by atoms with Crippen molar-refractivity contribution in [3.05, 3.63) is 0 Å². The largest absolute Gasteiger partial charge is 0.292 e. The van der Waals surface area contributed by atoms with Gasteiger partial charge >= 0.3 is 0 Å². The molecule has 0 spiro atoms. The molecule has 0 aromatic carbocycles. The third-order valence-corrected chi connectivity index (χ3v) is 33.6. The van der Waals surface area contributed by atoms with Gasteiger partial charge in [0.15, 0.2) is 0 Å². The summed E-state index contributed by atoms with van der Waals surface area (Å²) in [6, 6.07) is 5.42. The maximum atomic E-state index is 3.51. The Morgan fingerprint density at radius 1 is 0.323 bits per heavy atom. The number of rotatable bonds is 6. The minimum Gasteiger partial charge on any atom is -0.292 e. The number of nitrogens with zero attached hydrogens (tertiary/aromatic N) is 2. The van der Waals surface area contributed by atoms with Gasteiger partial charge in [0, 0.05) is 57.3 Å². The molecule has 10 saturated carbocycles. The van der Waals surface area contributed by atoms with E-state index in [1.165, 1.54) is 128 Å². The maximum Gasteiger partial charge on any atom is 0.0546 e. The summed E-state index contributed by atoms with van der Waals surface area (Å²) in [6.45, 7) is 17.2. The van der Waals surface area contributed by atoms with Crippen LogP contribution in [0.2, 0.25) is 24.2 Å². The molecule has 20 atom stereocenters. The number of hydrogen-bond donors (Lipinski definition) is 0. The Hall–Kier alpha value is 0.837. The highest BCUT2D eigenvalue weighted by molar-refractivity contribution is 8.00. The van der Waals surface area contributed by atoms with Crippen molar-refractivity contribution in [3.8, 4) is 0 Å². The Kier molecular flexibility index (Phi) is 14.0. The summed E-state index contributed by atoms with van der Waals surface area (Å²) in [6.07, 6.45) is 46.4. The van der Waals surface area contributed by atoms with Crippen LogP contribution in [-0.2, 0) is 0 Å². The van der Waals surface area contributed by atoms with E-state index in [0.717, 1.165) is 139 Å². The molecule has 0 amide bonds. The molecule has 20 unspecified atom stereocenters. The van der Waals surface area contributed by atoms with E-state index in [-0.39, 0.29) is 0 Å². The van der Waals surface area contributed by atoms with Gasteiger partial charge in [0.2, 0.25) is 0 Å². The molecule has 0 aromatic heterocycles. The molecule has 0 radical (unpaired) electrons. The van der Waals surface area contributed by atoms with Crippen LogP contribution in [0.3, 0.4) is 0 Å². The summed E-state index contributed by atoms with van der Waals surface area (Å²) in [5.74, 6) is 12.0. The average molecular weight is 944 g/mol. The quantitative estimate of drug-likeness (QED) is 0.245. The topological polar surface area (TPSA) is 6.48 Å². The van der Waals surface area contributed by atoms with Crippen molar-refractivity contribution in [2.24, 2.45) is 71.0 Å². The van der Waals surface area contributed by atoms with Gasteiger partial charge in [0.05, 0.1) is 8.07 Å². The van der Waals surface area contributed by atoms with Crippen molar-refractivity contribution < 1.29 is 0 Å². The molecule has 0 aromatic rings. The van der Waals surface area contributed by atoms with Gasteiger partial charge in [-0.2, -0.15) is 23.5 Å². The fourth-order valence-corrected chi connectivity index (χ4v) is 32.8. The van der Waals surface area contributed by atoms with E-state index in [1.54, 1.807) is 64.2 Å². The fraction of sp³-hybridized carbons (Fsp3) is 1.00. The molecule has 0 N–H and O–H groups in total. The van der Waals surface area contributed by atoms with Crippen LogP contribution in [0.1, 0.15) is 220 Å². The lowest BCUT2D eigenvalue weighted by Gasteiger charge is -2.60. The monoisotopic (exact) mass is 943 g/mol. The third-order valence-electron chi connectivity index (χ3n) is 24.6. The molecule has 10 aliphatic carbocycles. The van der Waals surface area contributed by atoms with E-state index in [9.17, 15) is 0 Å². The van der Waals surface area contributed by atoms with Crippen LogP contribution in [0.5, 0.6) is 0 Å². The summed E-state index contributed by atoms with van der Waals surface area (Å²) >= 11 is 5.10. The molecule has 12 rings (SSSR count). The van der Waals surface area contributed by atoms with E-state index in [0.29, 0.717) is 0 Å². The molecule has 2 nitrogen and oxygen atoms in total. The van der Waals surface area contributed by atoms with Crippen molar-refractivity contribution in [3.63, 3.8) is 0 Å². The second kappa shape index (κ2) is 19.4. The highest BCUT2D eigenvalue weighted by Crippen LogP contribution is 2.68. The van der Waals surface area contributed by atoms with E-state index in [4.69, 9.17) is 0 Å². The van der Waals surface area contributed by atoms with Gasteiger partial charge in [0.25, 0.3) is 0 Å². The minimum atomic E-state index is -1.70. The highest BCUT2D eigenvalue weighted by Gasteiger charge is 2.64. The first-order chi connectivity index (χ1) is 31.6. The smallest absolute Gasteiger partial charge is 0.0546 e. The normalized spacial score (nSPS) is 54.4. The Balaban J connectivity index is 0.891. The van der Waals surface area contributed by atoms with Crippen LogP contribution in [0.15, 0.2) is 0 Å². The first-order valence-corrected chi connectivity index (χ1v) is 35.5. The SMILES string of the molecule is CC1CCC(C2CC3C(CC(C)C3[Si](C)(C)C3C(C)CC4C3CC(C3CCC(C)CC3)CC4N3C4CCCCC4SC4CCCCC43)C(N3C4CCCCC4SC4CCCCC43)C2)CC1. The molecule has 368 valence electrons. The first-order valence-electron chi connectivity index (χ1n) is 30.5. The summed E-state index contributed by atoms with van der Waals surface area (Å²) in [5.41, 5.74) is 2.11. The van der Waals surface area contributed by atoms with Crippen molar-refractivity contribution in [1.29, 1.82) is 0 Å². The molecule has 65 heavy (non-hydrogen) atoms. The zero-order valence-corrected chi connectivity index (χ0v) is 45.9. The van der Waals surface area contributed by atoms with Gasteiger partial charge < -0.3 is 0 Å². The second-order valence-corrected chi connectivity index (χ2v) is 36.3. The van der Waals surface area contributed by atoms with Gasteiger partial charge in [0.1, 0.15) is 0 Å². The number of hydrogen-bond acceptors (Lipinski definition) is 4. The Bertz CT molecular complexity index is 1450. The second-order valence-electron chi connectivity index (χ2n) is 28.3. The van der Waals surface area contributed by atoms with Crippen molar-refractivity contribution in [2.75, 3.05) is 0 Å². The molecule has 5 heteroatoms. The molecule has 2 heterocycles. The molecular formula is C60H102N2S2Si. The molecule has 2 saturated heterocycles. The van der Waals surface area contributed by atoms with Crippen LogP contribution in [-0.4, -0.2) is 75.1 Å². The van der Waals surface area contributed by atoms with E-state index >= 15 is 0 Å². The lowest BCUT2D eigenvalue weighted by atomic mass is 9.64. The van der Waals surface area contributed by atoms with Gasteiger partial charge in [-0.1, -0.05) is 118 Å². The van der Waals surface area contributed by atoms with Gasteiger partial charge in [-0.15, -0.1) is 0 Å². The summed E-state index contributed by atoms with van der Waals surface area (Å²) < 4.78 is 0. The van der Waals surface area contributed by atoms with Crippen LogP contribution < -0.4 is 0 Å². The van der Waals surface area contributed by atoms with Crippen LogP contribution >= 0.6 is 23.5 Å². The van der Waals surface area contributed by atoms with E-state index in [1.807, 2.05) is 0 Å². The van der Waals surface area contributed by atoms with Crippen molar-refractivity contribution in [1.82, 2.24) is 9.80 Å². The zero-order chi connectivity index (χ0) is 44.1. The molecule has 12 fully saturated rings. The molecule has 0 bridgehead atoms. The number of thioether (sulfide) groups is 2. The predicted octanol–water partition coefficient (Wildman–Crippen LogP) is 16.5. The number of fused-ring (bicyclic) bond motifs is 6. The van der Waals surface area contributed by atoms with Gasteiger partial charge in [-0.05, 0) is 198 Å². The third kappa shape index (κ3) is 8.57. The fourth-order valence-electron chi connectivity index (χ4n) is 22.3. The van der Waals surface area contributed by atoms with Gasteiger partial charge in [-0.3, -0.25) is 9.80 Å². The Morgan fingerprint density at radius 3 is 0.985 bits per heavy atom. The first kappa shape index (κ1) is 46.9. The van der Waals surface area contributed by atoms with Crippen LogP contribution in [0, 0.1) is 71.0 Å². The molecule has 12 aliphatic rings.